The largest absolute Gasteiger partial charge is 0.494 e. The number of fused-ring (bicyclic) bond motifs is 2. The number of amides is 2. The summed E-state index contributed by atoms with van der Waals surface area (Å²) in [5, 5.41) is 12.0. The van der Waals surface area contributed by atoms with E-state index in [1.165, 1.54) is 58.1 Å². The van der Waals surface area contributed by atoms with E-state index in [-0.39, 0.29) is 17.2 Å². The van der Waals surface area contributed by atoms with Crippen molar-refractivity contribution in [2.75, 3.05) is 12.4 Å². The van der Waals surface area contributed by atoms with Gasteiger partial charge in [-0.1, -0.05) is 25.8 Å². The zero-order chi connectivity index (χ0) is 27.5. The minimum atomic E-state index is -0.855. The summed E-state index contributed by atoms with van der Waals surface area (Å²) in [5.41, 5.74) is 18.4. The third-order valence-corrected chi connectivity index (χ3v) is 6.47. The summed E-state index contributed by atoms with van der Waals surface area (Å²) in [6.07, 6.45) is 14.3. The second-order valence-electron chi connectivity index (χ2n) is 9.61. The highest BCUT2D eigenvalue weighted by Crippen LogP contribution is 2.36. The number of nitrogens with zero attached hydrogens (tertiary/aromatic N) is 1. The van der Waals surface area contributed by atoms with E-state index in [1.54, 1.807) is 24.4 Å². The Morgan fingerprint density at radius 1 is 1.11 bits per heavy atom. The van der Waals surface area contributed by atoms with Gasteiger partial charge >= 0.3 is 0 Å². The second kappa shape index (κ2) is 14.1. The molecule has 38 heavy (non-hydrogen) atoms. The van der Waals surface area contributed by atoms with E-state index in [0.717, 1.165) is 17.2 Å². The predicted octanol–water partition coefficient (Wildman–Crippen LogP) is 2.83. The monoisotopic (exact) mass is 525 g/mol. The number of benzene rings is 1. The van der Waals surface area contributed by atoms with Crippen molar-refractivity contribution in [2.45, 2.75) is 64.1 Å². The van der Waals surface area contributed by atoms with Crippen LogP contribution in [-0.2, 0) is 14.3 Å². The number of aromatic nitrogens is 2. The van der Waals surface area contributed by atoms with Crippen molar-refractivity contribution in [1.29, 1.82) is 0 Å². The van der Waals surface area contributed by atoms with Crippen LogP contribution >= 0.6 is 0 Å². The Balaban J connectivity index is 0.000000267. The molecule has 3 heterocycles. The van der Waals surface area contributed by atoms with E-state index in [1.807, 2.05) is 6.07 Å². The van der Waals surface area contributed by atoms with Crippen LogP contribution in [0.25, 0.3) is 11.3 Å². The van der Waals surface area contributed by atoms with Gasteiger partial charge in [-0.05, 0) is 56.2 Å². The molecular formula is C27H39N7O4. The average molecular weight is 526 g/mol. The van der Waals surface area contributed by atoms with Crippen molar-refractivity contribution >= 4 is 18.0 Å². The molecule has 0 radical (unpaired) electrons. The number of nitrogens with one attached hydrogen (secondary N) is 3. The van der Waals surface area contributed by atoms with E-state index >= 15 is 0 Å². The SMILES string of the molecule is C1CC2CCC(C1)O2.CC1CC1.COc1c(NC(/C=C(\N)NC=O)=C(/N)C(N)=O)cccc1-c1ccn[nH]1. The molecule has 1 aromatic carbocycles. The number of hydrogen-bond acceptors (Lipinski definition) is 8. The number of ether oxygens (including phenoxy) is 2. The van der Waals surface area contributed by atoms with Crippen LogP contribution in [0.4, 0.5) is 5.69 Å². The first kappa shape index (κ1) is 28.6. The Hall–Kier alpha value is -3.99. The third-order valence-electron chi connectivity index (χ3n) is 6.47. The summed E-state index contributed by atoms with van der Waals surface area (Å²) in [4.78, 5) is 22.0. The summed E-state index contributed by atoms with van der Waals surface area (Å²) >= 11 is 0. The fraction of sp³-hybridized carbons (Fsp3) is 0.444. The highest BCUT2D eigenvalue weighted by atomic mass is 16.5. The maximum Gasteiger partial charge on any atom is 0.266 e. The average Bonchev–Trinajstić information content (AvgIpc) is 3.37. The number of methoxy groups -OCH3 is 1. The van der Waals surface area contributed by atoms with Gasteiger partial charge in [0.1, 0.15) is 11.5 Å². The maximum atomic E-state index is 11.5. The molecule has 2 bridgehead atoms. The Morgan fingerprint density at radius 3 is 2.29 bits per heavy atom. The van der Waals surface area contributed by atoms with Gasteiger partial charge in [0, 0.05) is 17.8 Å². The minimum Gasteiger partial charge on any atom is -0.494 e. The van der Waals surface area contributed by atoms with Gasteiger partial charge < -0.3 is 37.3 Å². The number of primary amides is 1. The summed E-state index contributed by atoms with van der Waals surface area (Å²) in [6.45, 7) is 2.28. The number of H-pyrrole nitrogens is 1. The number of carbonyl (C=O) groups is 2. The molecule has 3 fully saturated rings. The Bertz CT molecular complexity index is 1110. The van der Waals surface area contributed by atoms with Gasteiger partial charge in [-0.2, -0.15) is 5.10 Å². The first-order valence-corrected chi connectivity index (χ1v) is 12.9. The lowest BCUT2D eigenvalue weighted by molar-refractivity contribution is -0.114. The standard InChI is InChI=1S/C16H19N7O3.C7H12O.C4H8/c1-26-15-9(10-5-6-21-23-10)3-2-4-11(15)22-12(14(18)16(19)25)7-13(17)20-8-24;1-2-6-4-5-7(3-1)8-6;1-4-2-3-4/h2-8,22H,17-18H2,1H3,(H2,19,25)(H,20,24)(H,21,23);6-7H,1-5H2;4H,2-3H2,1H3/b13-7+,14-12+;;. The quantitative estimate of drug-likeness (QED) is 0.173. The van der Waals surface area contributed by atoms with E-state index in [4.69, 9.17) is 26.7 Å². The van der Waals surface area contributed by atoms with Gasteiger partial charge in [0.15, 0.2) is 5.75 Å². The molecular weight excluding hydrogens is 486 g/mol. The van der Waals surface area contributed by atoms with Crippen LogP contribution in [0.5, 0.6) is 5.75 Å². The van der Waals surface area contributed by atoms with Crippen molar-refractivity contribution in [2.24, 2.45) is 23.1 Å². The molecule has 2 aromatic rings. The molecule has 2 amide bonds. The number of hydrogen-bond donors (Lipinski definition) is 6. The van der Waals surface area contributed by atoms with Crippen LogP contribution in [0.2, 0.25) is 0 Å². The first-order valence-electron chi connectivity index (χ1n) is 12.9. The summed E-state index contributed by atoms with van der Waals surface area (Å²) in [5.74, 6) is 0.670. The number of anilines is 1. The maximum absolute atomic E-state index is 11.5. The van der Waals surface area contributed by atoms with E-state index in [0.29, 0.717) is 30.1 Å². The molecule has 1 saturated carbocycles. The predicted molar refractivity (Wildman–Crippen MR) is 146 cm³/mol. The highest BCUT2D eigenvalue weighted by Gasteiger charge is 2.28. The third kappa shape index (κ3) is 8.55. The van der Waals surface area contributed by atoms with Gasteiger partial charge in [-0.15, -0.1) is 0 Å². The van der Waals surface area contributed by atoms with Crippen molar-refractivity contribution < 1.29 is 19.1 Å². The molecule has 2 aliphatic heterocycles. The number of carbonyl (C=O) groups excluding carboxylic acids is 2. The van der Waals surface area contributed by atoms with Crippen LogP contribution in [-0.4, -0.2) is 41.8 Å². The molecule has 0 spiro atoms. The molecule has 2 atom stereocenters. The van der Waals surface area contributed by atoms with Crippen molar-refractivity contribution in [3.63, 3.8) is 0 Å². The smallest absolute Gasteiger partial charge is 0.266 e. The van der Waals surface area contributed by atoms with Crippen molar-refractivity contribution in [1.82, 2.24) is 15.5 Å². The Labute approximate surface area is 223 Å². The lowest BCUT2D eigenvalue weighted by Gasteiger charge is -2.18. The van der Waals surface area contributed by atoms with E-state index in [9.17, 15) is 9.59 Å². The summed E-state index contributed by atoms with van der Waals surface area (Å²) in [6, 6.07) is 7.10. The second-order valence-corrected chi connectivity index (χ2v) is 9.61. The van der Waals surface area contributed by atoms with Gasteiger partial charge in [0.25, 0.3) is 5.91 Å². The topological polar surface area (TPSA) is 183 Å². The number of nitrogens with two attached hydrogens (primary N) is 3. The first-order chi connectivity index (χ1) is 18.3. The molecule has 9 N–H and O–H groups in total. The van der Waals surface area contributed by atoms with E-state index in [2.05, 4.69) is 27.8 Å². The van der Waals surface area contributed by atoms with Crippen LogP contribution in [0.15, 0.2) is 53.8 Å². The van der Waals surface area contributed by atoms with Crippen molar-refractivity contribution in [3.05, 3.63) is 53.8 Å². The molecule has 1 aliphatic carbocycles. The number of para-hydroxylation sites is 1. The molecule has 5 rings (SSSR count). The molecule has 2 unspecified atom stereocenters. The Kier molecular flexibility index (Phi) is 10.6. The van der Waals surface area contributed by atoms with Gasteiger partial charge in [-0.3, -0.25) is 14.7 Å². The van der Waals surface area contributed by atoms with Crippen LogP contribution < -0.4 is 32.6 Å². The number of aromatic amines is 1. The zero-order valence-corrected chi connectivity index (χ0v) is 22.0. The van der Waals surface area contributed by atoms with Crippen LogP contribution in [0.1, 0.15) is 51.9 Å². The molecule has 11 heteroatoms. The Morgan fingerprint density at radius 2 is 1.79 bits per heavy atom. The summed E-state index contributed by atoms with van der Waals surface area (Å²) in [7, 11) is 1.50. The van der Waals surface area contributed by atoms with Gasteiger partial charge in [0.2, 0.25) is 6.41 Å². The molecule has 2 saturated heterocycles. The van der Waals surface area contributed by atoms with Crippen LogP contribution in [0, 0.1) is 5.92 Å². The minimum absolute atomic E-state index is 0.0320. The lowest BCUT2D eigenvalue weighted by atomic mass is 10.1. The molecule has 1 aromatic heterocycles. The normalized spacial score (nSPS) is 20.5. The van der Waals surface area contributed by atoms with Gasteiger partial charge in [0.05, 0.1) is 36.4 Å². The summed E-state index contributed by atoms with van der Waals surface area (Å²) < 4.78 is 11.1. The fourth-order valence-electron chi connectivity index (χ4n) is 4.14. The zero-order valence-electron chi connectivity index (χ0n) is 22.0. The molecule has 206 valence electrons. The fourth-order valence-corrected chi connectivity index (χ4v) is 4.14. The lowest BCUT2D eigenvalue weighted by Crippen LogP contribution is -2.25. The molecule has 11 nitrogen and oxygen atoms in total. The van der Waals surface area contributed by atoms with E-state index < -0.39 is 5.91 Å². The van der Waals surface area contributed by atoms with Crippen LogP contribution in [0.3, 0.4) is 0 Å². The van der Waals surface area contributed by atoms with Crippen molar-refractivity contribution in [3.8, 4) is 17.0 Å². The number of allylic oxidation sites excluding steroid dienone is 1. The van der Waals surface area contributed by atoms with Gasteiger partial charge in [-0.25, -0.2) is 0 Å². The highest BCUT2D eigenvalue weighted by molar-refractivity contribution is 5.93. The number of rotatable bonds is 8. The molecule has 3 aliphatic rings.